The van der Waals surface area contributed by atoms with Crippen LogP contribution in [0.3, 0.4) is 0 Å². The molecule has 1 aliphatic heterocycles. The Balaban J connectivity index is 1.97. The number of nitro groups is 1. The highest BCUT2D eigenvalue weighted by atomic mass is 16.7. The number of hydrogen-bond acceptors (Lipinski definition) is 8. The molecule has 2 aromatic rings. The Morgan fingerprint density at radius 1 is 1.16 bits per heavy atom. The fourth-order valence-electron chi connectivity index (χ4n) is 2.39. The molecule has 1 aliphatic rings. The van der Waals surface area contributed by atoms with E-state index in [2.05, 4.69) is 10.3 Å². The van der Waals surface area contributed by atoms with Crippen molar-refractivity contribution < 1.29 is 24.0 Å². The van der Waals surface area contributed by atoms with E-state index in [1.165, 1.54) is 44.4 Å². The molecule has 0 atom stereocenters. The molecule has 0 amide bonds. The van der Waals surface area contributed by atoms with Crippen LogP contribution in [-0.4, -0.2) is 27.6 Å². The summed E-state index contributed by atoms with van der Waals surface area (Å²) in [6.45, 7) is 2.89. The van der Waals surface area contributed by atoms with Gasteiger partial charge >= 0.3 is 11.9 Å². The number of aromatic nitrogens is 1. The first-order valence-electron chi connectivity index (χ1n) is 7.23. The maximum atomic E-state index is 11.9. The lowest BCUT2D eigenvalue weighted by molar-refractivity contribution is -0.383. The summed E-state index contributed by atoms with van der Waals surface area (Å²) in [5.74, 6) is -2.97. The smallest absolute Gasteiger partial charge is 0.350 e. The molecule has 128 valence electrons. The Morgan fingerprint density at radius 2 is 1.84 bits per heavy atom. The summed E-state index contributed by atoms with van der Waals surface area (Å²) in [6, 6.07) is 4.30. The summed E-state index contributed by atoms with van der Waals surface area (Å²) in [7, 11) is 0. The topological polar surface area (TPSA) is 121 Å². The average molecular weight is 343 g/mol. The Hall–Kier alpha value is -3.49. The van der Waals surface area contributed by atoms with Crippen molar-refractivity contribution in [3.05, 3.63) is 52.5 Å². The molecule has 1 N–H and O–H groups in total. The molecule has 3 rings (SSSR count). The lowest BCUT2D eigenvalue weighted by Crippen LogP contribution is -2.42. The average Bonchev–Trinajstić information content (AvgIpc) is 2.52. The number of non-ortho nitro benzene ring substituents is 1. The zero-order chi connectivity index (χ0) is 18.2. The molecule has 9 heteroatoms. The van der Waals surface area contributed by atoms with Crippen LogP contribution in [0.25, 0.3) is 10.8 Å². The zero-order valence-electron chi connectivity index (χ0n) is 13.3. The number of nitro benzene ring substituents is 1. The predicted octanol–water partition coefficient (Wildman–Crippen LogP) is 2.27. The van der Waals surface area contributed by atoms with Crippen molar-refractivity contribution in [3.63, 3.8) is 0 Å². The van der Waals surface area contributed by atoms with Gasteiger partial charge in [-0.3, -0.25) is 15.1 Å². The van der Waals surface area contributed by atoms with Gasteiger partial charge in [0.1, 0.15) is 0 Å². The lowest BCUT2D eigenvalue weighted by Gasteiger charge is -2.29. The summed E-state index contributed by atoms with van der Waals surface area (Å²) in [5, 5.41) is 14.7. The molecule has 9 nitrogen and oxygen atoms in total. The van der Waals surface area contributed by atoms with Crippen LogP contribution < -0.4 is 5.32 Å². The number of rotatable bonds is 3. The standard InChI is InChI=1S/C16H13N3O6/c1-16(2)24-14(20)11(15(21)25-16)8-18-12-3-4-13(19(22)23)9-5-6-17-7-10(9)12/h3-8,18H,1-2H3. The van der Waals surface area contributed by atoms with E-state index in [9.17, 15) is 19.7 Å². The van der Waals surface area contributed by atoms with Gasteiger partial charge in [-0.2, -0.15) is 0 Å². The van der Waals surface area contributed by atoms with Crippen molar-refractivity contribution in [3.8, 4) is 0 Å². The number of cyclic esters (lactones) is 2. The molecular weight excluding hydrogens is 330 g/mol. The highest BCUT2D eigenvalue weighted by Crippen LogP contribution is 2.31. The van der Waals surface area contributed by atoms with Crippen LogP contribution in [0.5, 0.6) is 0 Å². The quantitative estimate of drug-likeness (QED) is 0.296. The monoisotopic (exact) mass is 343 g/mol. The first-order chi connectivity index (χ1) is 11.8. The number of anilines is 1. The van der Waals surface area contributed by atoms with Crippen LogP contribution in [0.1, 0.15) is 13.8 Å². The molecule has 1 aromatic heterocycles. The van der Waals surface area contributed by atoms with Gasteiger partial charge in [-0.15, -0.1) is 0 Å². The molecule has 1 fully saturated rings. The largest absolute Gasteiger partial charge is 0.419 e. The van der Waals surface area contributed by atoms with Gasteiger partial charge in [0.15, 0.2) is 5.57 Å². The molecule has 1 saturated heterocycles. The molecule has 0 radical (unpaired) electrons. The van der Waals surface area contributed by atoms with Gasteiger partial charge in [-0.25, -0.2) is 9.59 Å². The predicted molar refractivity (Wildman–Crippen MR) is 86.4 cm³/mol. The van der Waals surface area contributed by atoms with E-state index in [1.54, 1.807) is 0 Å². The van der Waals surface area contributed by atoms with E-state index in [4.69, 9.17) is 9.47 Å². The number of pyridine rings is 1. The SMILES string of the molecule is CC1(C)OC(=O)C(=CNc2ccc([N+](=O)[O-])c3ccncc23)C(=O)O1. The number of esters is 2. The van der Waals surface area contributed by atoms with Gasteiger partial charge in [0.25, 0.3) is 11.5 Å². The van der Waals surface area contributed by atoms with Crippen molar-refractivity contribution in [2.24, 2.45) is 0 Å². The normalized spacial score (nSPS) is 16.2. The maximum absolute atomic E-state index is 11.9. The first-order valence-corrected chi connectivity index (χ1v) is 7.23. The zero-order valence-corrected chi connectivity index (χ0v) is 13.3. The second kappa shape index (κ2) is 5.86. The number of hydrogen-bond donors (Lipinski definition) is 1. The Kier molecular flexibility index (Phi) is 3.84. The van der Waals surface area contributed by atoms with E-state index >= 15 is 0 Å². The minimum absolute atomic E-state index is 0.0751. The number of nitrogens with zero attached hydrogens (tertiary/aromatic N) is 2. The van der Waals surface area contributed by atoms with Gasteiger partial charge in [-0.1, -0.05) is 0 Å². The maximum Gasteiger partial charge on any atom is 0.350 e. The van der Waals surface area contributed by atoms with E-state index in [0.29, 0.717) is 16.5 Å². The molecule has 25 heavy (non-hydrogen) atoms. The molecule has 0 saturated carbocycles. The number of carbonyl (C=O) groups is 2. The second-order valence-electron chi connectivity index (χ2n) is 5.69. The van der Waals surface area contributed by atoms with Crippen LogP contribution in [-0.2, 0) is 19.1 Å². The van der Waals surface area contributed by atoms with Crippen LogP contribution in [0.4, 0.5) is 11.4 Å². The van der Waals surface area contributed by atoms with Crippen LogP contribution in [0.2, 0.25) is 0 Å². The fraction of sp³-hybridized carbons (Fsp3) is 0.188. The molecular formula is C16H13N3O6. The number of ether oxygens (including phenoxy) is 2. The van der Waals surface area contributed by atoms with Crippen molar-refractivity contribution in [1.82, 2.24) is 4.98 Å². The highest BCUT2D eigenvalue weighted by Gasteiger charge is 2.39. The van der Waals surface area contributed by atoms with Crippen LogP contribution in [0.15, 0.2) is 42.4 Å². The van der Waals surface area contributed by atoms with Gasteiger partial charge in [0.05, 0.1) is 10.3 Å². The van der Waals surface area contributed by atoms with Crippen molar-refractivity contribution in [1.29, 1.82) is 0 Å². The molecule has 0 aliphatic carbocycles. The van der Waals surface area contributed by atoms with Crippen molar-refractivity contribution in [2.75, 3.05) is 5.32 Å². The van der Waals surface area contributed by atoms with Gasteiger partial charge in [0, 0.05) is 49.6 Å². The van der Waals surface area contributed by atoms with Crippen molar-refractivity contribution in [2.45, 2.75) is 19.6 Å². The van der Waals surface area contributed by atoms with Gasteiger partial charge in [0.2, 0.25) is 0 Å². The minimum Gasteiger partial charge on any atom is -0.419 e. The van der Waals surface area contributed by atoms with Crippen molar-refractivity contribution >= 4 is 34.1 Å². The van der Waals surface area contributed by atoms with E-state index < -0.39 is 22.6 Å². The molecule has 0 unspecified atom stereocenters. The molecule has 0 spiro atoms. The van der Waals surface area contributed by atoms with Crippen LogP contribution in [0, 0.1) is 10.1 Å². The Bertz CT molecular complexity index is 913. The highest BCUT2D eigenvalue weighted by molar-refractivity contribution is 6.15. The van der Waals surface area contributed by atoms with Gasteiger partial charge in [-0.05, 0) is 12.1 Å². The molecule has 1 aromatic carbocycles. The first kappa shape index (κ1) is 16.4. The molecule has 2 heterocycles. The lowest BCUT2D eigenvalue weighted by atomic mass is 10.1. The summed E-state index contributed by atoms with van der Waals surface area (Å²) in [6.07, 6.45) is 4.03. The third kappa shape index (κ3) is 3.11. The third-order valence-electron chi connectivity index (χ3n) is 3.48. The summed E-state index contributed by atoms with van der Waals surface area (Å²) in [4.78, 5) is 38.4. The summed E-state index contributed by atoms with van der Waals surface area (Å²) >= 11 is 0. The van der Waals surface area contributed by atoms with E-state index in [-0.39, 0.29) is 11.3 Å². The number of benzene rings is 1. The van der Waals surface area contributed by atoms with Gasteiger partial charge < -0.3 is 14.8 Å². The fourth-order valence-corrected chi connectivity index (χ4v) is 2.39. The number of nitrogens with one attached hydrogen (secondary N) is 1. The summed E-state index contributed by atoms with van der Waals surface area (Å²) in [5.41, 5.74) is 0.0511. The Morgan fingerprint density at radius 3 is 2.48 bits per heavy atom. The number of carbonyl (C=O) groups excluding carboxylic acids is 2. The minimum atomic E-state index is -1.32. The van der Waals surface area contributed by atoms with Crippen LogP contribution >= 0.6 is 0 Å². The third-order valence-corrected chi connectivity index (χ3v) is 3.48. The molecule has 0 bridgehead atoms. The summed E-state index contributed by atoms with van der Waals surface area (Å²) < 4.78 is 9.98. The van der Waals surface area contributed by atoms with E-state index in [1.807, 2.05) is 0 Å². The van der Waals surface area contributed by atoms with E-state index in [0.717, 1.165) is 6.20 Å². The number of fused-ring (bicyclic) bond motifs is 1. The Labute approximate surface area is 141 Å². The second-order valence-corrected chi connectivity index (χ2v) is 5.69.